The molecule has 0 amide bonds. The molecule has 0 heterocycles. The van der Waals surface area contributed by atoms with Gasteiger partial charge in [-0.15, -0.1) is 0 Å². The molecule has 6 heteroatoms. The molecule has 0 aliphatic rings. The van der Waals surface area contributed by atoms with Crippen molar-refractivity contribution < 1.29 is 22.7 Å². The lowest BCUT2D eigenvalue weighted by Gasteiger charge is -2.11. The van der Waals surface area contributed by atoms with Crippen LogP contribution >= 0.6 is 0 Å². The Morgan fingerprint density at radius 2 is 1.60 bits per heavy atom. The fraction of sp³-hybridized carbons (Fsp3) is 0.0714. The largest absolute Gasteiger partial charge is 0.457 e. The summed E-state index contributed by atoms with van der Waals surface area (Å²) in [4.78, 5) is 10.8. The number of carbonyl (C=O) groups is 1. The second-order valence-corrected chi connectivity index (χ2v) is 4.04. The monoisotopic (exact) mass is 281 g/mol. The highest BCUT2D eigenvalue weighted by Crippen LogP contribution is 2.34. The second-order valence-electron chi connectivity index (χ2n) is 4.04. The minimum atomic E-state index is -4.57. The van der Waals surface area contributed by atoms with Crippen LogP contribution < -0.4 is 10.5 Å². The molecule has 0 unspecified atom stereocenters. The molecular weight excluding hydrogens is 271 g/mol. The van der Waals surface area contributed by atoms with Crippen molar-refractivity contribution in [2.75, 3.05) is 5.73 Å². The summed E-state index contributed by atoms with van der Waals surface area (Å²) in [5, 5.41) is 0. The van der Waals surface area contributed by atoms with Crippen LogP contribution in [0.2, 0.25) is 0 Å². The third-order valence-electron chi connectivity index (χ3n) is 2.57. The number of hydrogen-bond donors (Lipinski definition) is 1. The summed E-state index contributed by atoms with van der Waals surface area (Å²) >= 11 is 0. The Kier molecular flexibility index (Phi) is 3.65. The number of nitrogens with two attached hydrogens (primary N) is 1. The van der Waals surface area contributed by atoms with Gasteiger partial charge in [0.15, 0.2) is 6.29 Å². The molecule has 104 valence electrons. The number of benzene rings is 2. The predicted molar refractivity (Wildman–Crippen MR) is 67.8 cm³/mol. The van der Waals surface area contributed by atoms with Crippen LogP contribution in [0.5, 0.6) is 11.5 Å². The summed E-state index contributed by atoms with van der Waals surface area (Å²) in [6.07, 6.45) is -4.42. The zero-order chi connectivity index (χ0) is 14.8. The lowest BCUT2D eigenvalue weighted by molar-refractivity contribution is -0.137. The minimum absolute atomic E-state index is 0.143. The van der Waals surface area contributed by atoms with Crippen molar-refractivity contribution in [2.24, 2.45) is 0 Å². The number of carbonyl (C=O) groups excluding carboxylic acids is 1. The maximum absolute atomic E-state index is 12.6. The lowest BCUT2D eigenvalue weighted by atomic mass is 10.1. The Labute approximate surface area is 112 Å². The van der Waals surface area contributed by atoms with Crippen LogP contribution in [0.1, 0.15) is 15.9 Å². The summed E-state index contributed by atoms with van der Waals surface area (Å²) in [6, 6.07) is 9.37. The van der Waals surface area contributed by atoms with Crippen molar-refractivity contribution in [1.29, 1.82) is 0 Å². The van der Waals surface area contributed by atoms with Crippen molar-refractivity contribution in [1.82, 2.24) is 0 Å². The Balaban J connectivity index is 2.30. The first-order chi connectivity index (χ1) is 9.40. The van der Waals surface area contributed by atoms with E-state index in [0.29, 0.717) is 11.4 Å². The number of ether oxygens (including phenoxy) is 1. The molecule has 2 aromatic carbocycles. The molecule has 20 heavy (non-hydrogen) atoms. The van der Waals surface area contributed by atoms with Gasteiger partial charge in [0, 0.05) is 11.3 Å². The molecule has 0 atom stereocenters. The van der Waals surface area contributed by atoms with E-state index in [1.807, 2.05) is 0 Å². The fourth-order valence-corrected chi connectivity index (χ4v) is 1.63. The van der Waals surface area contributed by atoms with Gasteiger partial charge in [0.1, 0.15) is 11.5 Å². The quantitative estimate of drug-likeness (QED) is 0.686. The highest BCUT2D eigenvalue weighted by Gasteiger charge is 2.33. The highest BCUT2D eigenvalue weighted by atomic mass is 19.4. The third kappa shape index (κ3) is 3.09. The summed E-state index contributed by atoms with van der Waals surface area (Å²) in [5.41, 5.74) is 4.59. The van der Waals surface area contributed by atoms with Gasteiger partial charge >= 0.3 is 6.18 Å². The molecule has 0 bridgehead atoms. The number of aldehydes is 1. The van der Waals surface area contributed by atoms with Crippen molar-refractivity contribution in [3.05, 3.63) is 53.6 Å². The Morgan fingerprint density at radius 3 is 2.15 bits per heavy atom. The topological polar surface area (TPSA) is 52.3 Å². The van der Waals surface area contributed by atoms with Gasteiger partial charge < -0.3 is 10.5 Å². The number of alkyl halides is 3. The van der Waals surface area contributed by atoms with E-state index < -0.39 is 17.3 Å². The second kappa shape index (κ2) is 5.24. The van der Waals surface area contributed by atoms with E-state index in [2.05, 4.69) is 0 Å². The molecule has 2 N–H and O–H groups in total. The van der Waals surface area contributed by atoms with E-state index in [9.17, 15) is 18.0 Å². The molecule has 0 saturated heterocycles. The van der Waals surface area contributed by atoms with Crippen LogP contribution in [0.15, 0.2) is 42.5 Å². The van der Waals surface area contributed by atoms with Gasteiger partial charge in [0.05, 0.1) is 5.56 Å². The van der Waals surface area contributed by atoms with Gasteiger partial charge in [-0.25, -0.2) is 0 Å². The van der Waals surface area contributed by atoms with Crippen molar-refractivity contribution in [3.63, 3.8) is 0 Å². The van der Waals surface area contributed by atoms with Crippen LogP contribution in [0, 0.1) is 0 Å². The Bertz CT molecular complexity index is 621. The zero-order valence-corrected chi connectivity index (χ0v) is 10.1. The van der Waals surface area contributed by atoms with E-state index >= 15 is 0 Å². The van der Waals surface area contributed by atoms with Crippen LogP contribution in [0.4, 0.5) is 18.9 Å². The van der Waals surface area contributed by atoms with Gasteiger partial charge in [0.2, 0.25) is 0 Å². The molecule has 2 rings (SSSR count). The van der Waals surface area contributed by atoms with Crippen LogP contribution in [0.3, 0.4) is 0 Å². The SMILES string of the molecule is Nc1ccc(Oc2ccc(C(F)(F)F)c(C=O)c2)cc1. The van der Waals surface area contributed by atoms with E-state index in [0.717, 1.165) is 18.2 Å². The number of halogens is 3. The molecule has 0 aliphatic heterocycles. The maximum Gasteiger partial charge on any atom is 0.417 e. The van der Waals surface area contributed by atoms with Crippen molar-refractivity contribution in [3.8, 4) is 11.5 Å². The maximum atomic E-state index is 12.6. The first-order valence-electron chi connectivity index (χ1n) is 5.60. The first kappa shape index (κ1) is 13.9. The van der Waals surface area contributed by atoms with Crippen LogP contribution in [0.25, 0.3) is 0 Å². The number of anilines is 1. The smallest absolute Gasteiger partial charge is 0.417 e. The standard InChI is InChI=1S/C14H10F3NO2/c15-14(16,17)13-6-5-12(7-9(13)8-19)20-11-3-1-10(18)2-4-11/h1-8H,18H2. The van der Waals surface area contributed by atoms with Gasteiger partial charge in [-0.3, -0.25) is 4.79 Å². The summed E-state index contributed by atoms with van der Waals surface area (Å²) < 4.78 is 43.2. The lowest BCUT2D eigenvalue weighted by Crippen LogP contribution is -2.08. The molecular formula is C14H10F3NO2. The predicted octanol–water partition coefficient (Wildman–Crippen LogP) is 3.89. The van der Waals surface area contributed by atoms with Crippen molar-refractivity contribution >= 4 is 12.0 Å². The van der Waals surface area contributed by atoms with E-state index in [-0.39, 0.29) is 12.0 Å². The van der Waals surface area contributed by atoms with Crippen molar-refractivity contribution in [2.45, 2.75) is 6.18 Å². The number of nitrogen functional groups attached to an aromatic ring is 1. The first-order valence-corrected chi connectivity index (χ1v) is 5.60. The molecule has 0 radical (unpaired) electrons. The molecule has 2 aromatic rings. The molecule has 3 nitrogen and oxygen atoms in total. The number of rotatable bonds is 3. The highest BCUT2D eigenvalue weighted by molar-refractivity contribution is 5.78. The zero-order valence-electron chi connectivity index (χ0n) is 10.1. The van der Waals surface area contributed by atoms with Gasteiger partial charge in [0.25, 0.3) is 0 Å². The van der Waals surface area contributed by atoms with E-state index in [4.69, 9.17) is 10.5 Å². The third-order valence-corrected chi connectivity index (χ3v) is 2.57. The van der Waals surface area contributed by atoms with Crippen LogP contribution in [-0.2, 0) is 6.18 Å². The average Bonchev–Trinajstić information content (AvgIpc) is 2.40. The molecule has 0 spiro atoms. The molecule has 0 aromatic heterocycles. The van der Waals surface area contributed by atoms with E-state index in [1.54, 1.807) is 24.3 Å². The summed E-state index contributed by atoms with van der Waals surface area (Å²) in [6.45, 7) is 0. The number of hydrogen-bond acceptors (Lipinski definition) is 3. The Morgan fingerprint density at radius 1 is 1.00 bits per heavy atom. The summed E-state index contributed by atoms with van der Waals surface area (Å²) in [7, 11) is 0. The minimum Gasteiger partial charge on any atom is -0.457 e. The molecule has 0 fully saturated rings. The average molecular weight is 281 g/mol. The van der Waals surface area contributed by atoms with Gasteiger partial charge in [-0.05, 0) is 42.5 Å². The Hall–Kier alpha value is -2.50. The molecule has 0 aliphatic carbocycles. The van der Waals surface area contributed by atoms with E-state index in [1.165, 1.54) is 0 Å². The molecule has 0 saturated carbocycles. The fourth-order valence-electron chi connectivity index (χ4n) is 1.63. The van der Waals surface area contributed by atoms with Gasteiger partial charge in [-0.2, -0.15) is 13.2 Å². The normalized spacial score (nSPS) is 11.2. The van der Waals surface area contributed by atoms with Gasteiger partial charge in [-0.1, -0.05) is 0 Å². The summed E-state index contributed by atoms with van der Waals surface area (Å²) in [5.74, 6) is 0.556. The van der Waals surface area contributed by atoms with Crippen LogP contribution in [-0.4, -0.2) is 6.29 Å².